The summed E-state index contributed by atoms with van der Waals surface area (Å²) in [5, 5.41) is 7.09. The molecule has 4 atom stereocenters. The van der Waals surface area contributed by atoms with Crippen molar-refractivity contribution >= 4 is 5.91 Å². The highest BCUT2D eigenvalue weighted by molar-refractivity contribution is 5.84. The maximum Gasteiger partial charge on any atom is 0.246 e. The van der Waals surface area contributed by atoms with Gasteiger partial charge in [-0.15, -0.1) is 0 Å². The molecule has 1 saturated heterocycles. The quantitative estimate of drug-likeness (QED) is 0.314. The fraction of sp³-hybridized carbons (Fsp3) is 0.759. The second-order valence-corrected chi connectivity index (χ2v) is 12.4. The number of hydrogen-bond donors (Lipinski definition) is 2. The van der Waals surface area contributed by atoms with Crippen molar-refractivity contribution in [3.8, 4) is 0 Å². The average Bonchev–Trinajstić information content (AvgIpc) is 3.45. The number of amides is 1. The van der Waals surface area contributed by atoms with Crippen LogP contribution < -0.4 is 10.6 Å². The number of rotatable bonds is 13. The molecule has 4 heteroatoms. The maximum atomic E-state index is 13.7. The average molecular weight is 458 g/mol. The number of likely N-dealkylation sites (tertiary alicyclic amines) is 1. The van der Waals surface area contributed by atoms with E-state index in [1.54, 1.807) is 0 Å². The molecule has 0 aromatic rings. The van der Waals surface area contributed by atoms with Crippen molar-refractivity contribution in [2.75, 3.05) is 6.54 Å². The van der Waals surface area contributed by atoms with Gasteiger partial charge in [-0.05, 0) is 62.2 Å². The molecule has 188 valence electrons. The molecule has 1 heterocycles. The molecule has 0 bridgehead atoms. The molecular formula is C29H51N3O. The summed E-state index contributed by atoms with van der Waals surface area (Å²) in [6, 6.07) is 0.0878. The first-order valence-electron chi connectivity index (χ1n) is 13.1. The molecule has 2 rings (SSSR count). The molecule has 0 spiro atoms. The molecule has 0 radical (unpaired) electrons. The van der Waals surface area contributed by atoms with Crippen molar-refractivity contribution in [3.63, 3.8) is 0 Å². The predicted molar refractivity (Wildman–Crippen MR) is 142 cm³/mol. The zero-order valence-electron chi connectivity index (χ0n) is 22.6. The topological polar surface area (TPSA) is 44.4 Å². The smallest absolute Gasteiger partial charge is 0.246 e. The Morgan fingerprint density at radius 2 is 1.73 bits per heavy atom. The Morgan fingerprint density at radius 1 is 1.09 bits per heavy atom. The standard InChI is InChI=1S/C29H51N3O/c1-19(2)25(16-12-21(5)11-13-24-14-15-24)30-23(7)31-27(29(8,9)10)28(33)32-18-22(6)17-26(32)20(3)4/h19,22,24-27,30-31H,3,5,7,11-18H2,1-2,4,6,8-10H3/t22-,25?,26?,27?/m1/s1. The molecule has 2 fully saturated rings. The summed E-state index contributed by atoms with van der Waals surface area (Å²) in [5.74, 6) is 2.81. The Labute approximate surface area is 204 Å². The molecule has 1 saturated carbocycles. The Bertz CT molecular complexity index is 713. The van der Waals surface area contributed by atoms with Crippen LogP contribution in [0.25, 0.3) is 0 Å². The Kier molecular flexibility index (Phi) is 9.70. The first kappa shape index (κ1) is 27.5. The maximum absolute atomic E-state index is 13.7. The third-order valence-corrected chi connectivity index (χ3v) is 7.37. The lowest BCUT2D eigenvalue weighted by atomic mass is 9.85. The van der Waals surface area contributed by atoms with Gasteiger partial charge in [-0.3, -0.25) is 4.79 Å². The van der Waals surface area contributed by atoms with E-state index >= 15 is 0 Å². The van der Waals surface area contributed by atoms with E-state index in [1.165, 1.54) is 24.8 Å². The molecule has 4 nitrogen and oxygen atoms in total. The number of carbonyl (C=O) groups excluding carboxylic acids is 1. The zero-order valence-corrected chi connectivity index (χ0v) is 22.6. The lowest BCUT2D eigenvalue weighted by Crippen LogP contribution is -2.55. The van der Waals surface area contributed by atoms with Crippen molar-refractivity contribution in [3.05, 3.63) is 36.7 Å². The van der Waals surface area contributed by atoms with Gasteiger partial charge in [0.2, 0.25) is 5.91 Å². The van der Waals surface area contributed by atoms with Gasteiger partial charge in [0.15, 0.2) is 0 Å². The van der Waals surface area contributed by atoms with Gasteiger partial charge in [-0.1, -0.05) is 85.3 Å². The van der Waals surface area contributed by atoms with Crippen molar-refractivity contribution < 1.29 is 4.79 Å². The normalized spacial score (nSPS) is 22.7. The SMILES string of the molecule is C=C(CCC1CC1)CCC(NC(=C)NC(C(=O)N1C[C@H](C)CC1C(=C)C)C(C)(C)C)C(C)C. The summed E-state index contributed by atoms with van der Waals surface area (Å²) in [6.07, 6.45) is 8.37. The number of nitrogens with one attached hydrogen (secondary N) is 2. The summed E-state index contributed by atoms with van der Waals surface area (Å²) >= 11 is 0. The van der Waals surface area contributed by atoms with Gasteiger partial charge in [0.05, 0.1) is 11.9 Å². The highest BCUT2D eigenvalue weighted by atomic mass is 16.2. The van der Waals surface area contributed by atoms with Crippen molar-refractivity contribution in [2.24, 2.45) is 23.2 Å². The van der Waals surface area contributed by atoms with Crippen LogP contribution in [0.2, 0.25) is 0 Å². The van der Waals surface area contributed by atoms with Crippen LogP contribution in [0.3, 0.4) is 0 Å². The highest BCUT2D eigenvalue weighted by Gasteiger charge is 2.41. The number of hydrogen-bond acceptors (Lipinski definition) is 3. The number of allylic oxidation sites excluding steroid dienone is 1. The molecule has 2 N–H and O–H groups in total. The van der Waals surface area contributed by atoms with Crippen LogP contribution >= 0.6 is 0 Å². The van der Waals surface area contributed by atoms with E-state index in [2.05, 4.69) is 71.9 Å². The van der Waals surface area contributed by atoms with E-state index in [4.69, 9.17) is 0 Å². The van der Waals surface area contributed by atoms with Crippen LogP contribution in [0.1, 0.15) is 93.4 Å². The van der Waals surface area contributed by atoms with Gasteiger partial charge < -0.3 is 15.5 Å². The van der Waals surface area contributed by atoms with E-state index in [-0.39, 0.29) is 23.4 Å². The Morgan fingerprint density at radius 3 is 2.24 bits per heavy atom. The number of nitrogens with zero attached hydrogens (tertiary/aromatic N) is 1. The second kappa shape index (κ2) is 11.6. The van der Waals surface area contributed by atoms with E-state index in [9.17, 15) is 4.79 Å². The van der Waals surface area contributed by atoms with Gasteiger partial charge in [0.1, 0.15) is 6.04 Å². The molecule has 3 unspecified atom stereocenters. The summed E-state index contributed by atoms with van der Waals surface area (Å²) in [6.45, 7) is 28.6. The van der Waals surface area contributed by atoms with Crippen molar-refractivity contribution in [2.45, 2.75) is 112 Å². The summed E-state index contributed by atoms with van der Waals surface area (Å²) < 4.78 is 0. The second-order valence-electron chi connectivity index (χ2n) is 12.4. The van der Waals surface area contributed by atoms with Crippen molar-refractivity contribution in [1.82, 2.24) is 15.5 Å². The van der Waals surface area contributed by atoms with Crippen LogP contribution in [0, 0.1) is 23.2 Å². The minimum atomic E-state index is -0.342. The van der Waals surface area contributed by atoms with Gasteiger partial charge >= 0.3 is 0 Å². The van der Waals surface area contributed by atoms with E-state index in [0.29, 0.717) is 17.9 Å². The third-order valence-electron chi connectivity index (χ3n) is 7.37. The fourth-order valence-corrected chi connectivity index (χ4v) is 4.88. The molecule has 2 aliphatic rings. The van der Waals surface area contributed by atoms with Crippen LogP contribution in [0.4, 0.5) is 0 Å². The van der Waals surface area contributed by atoms with E-state index in [0.717, 1.165) is 49.5 Å². The van der Waals surface area contributed by atoms with E-state index < -0.39 is 0 Å². The van der Waals surface area contributed by atoms with Gasteiger partial charge in [-0.2, -0.15) is 0 Å². The van der Waals surface area contributed by atoms with E-state index in [1.807, 2.05) is 11.8 Å². The van der Waals surface area contributed by atoms with Crippen LogP contribution in [-0.4, -0.2) is 35.5 Å². The highest BCUT2D eigenvalue weighted by Crippen LogP contribution is 2.35. The van der Waals surface area contributed by atoms with Gasteiger partial charge in [0.25, 0.3) is 0 Å². The first-order valence-corrected chi connectivity index (χ1v) is 13.1. The molecule has 33 heavy (non-hydrogen) atoms. The van der Waals surface area contributed by atoms with Crippen LogP contribution in [0.15, 0.2) is 36.7 Å². The lowest BCUT2D eigenvalue weighted by Gasteiger charge is -2.38. The molecule has 0 aromatic heterocycles. The number of carbonyl (C=O) groups is 1. The molecule has 1 amide bonds. The fourth-order valence-electron chi connectivity index (χ4n) is 4.88. The molecular weight excluding hydrogens is 406 g/mol. The summed E-state index contributed by atoms with van der Waals surface area (Å²) in [7, 11) is 0. The van der Waals surface area contributed by atoms with Crippen LogP contribution in [0.5, 0.6) is 0 Å². The van der Waals surface area contributed by atoms with Gasteiger partial charge in [-0.25, -0.2) is 0 Å². The van der Waals surface area contributed by atoms with Gasteiger partial charge in [0, 0.05) is 12.6 Å². The Balaban J connectivity index is 1.98. The minimum Gasteiger partial charge on any atom is -0.369 e. The third kappa shape index (κ3) is 8.54. The molecule has 0 aromatic carbocycles. The predicted octanol–water partition coefficient (Wildman–Crippen LogP) is 6.42. The summed E-state index contributed by atoms with van der Waals surface area (Å²) in [5.41, 5.74) is 2.20. The monoisotopic (exact) mass is 457 g/mol. The van der Waals surface area contributed by atoms with Crippen molar-refractivity contribution in [1.29, 1.82) is 0 Å². The largest absolute Gasteiger partial charge is 0.369 e. The molecule has 1 aliphatic carbocycles. The minimum absolute atomic E-state index is 0.130. The van der Waals surface area contributed by atoms with Crippen LogP contribution in [-0.2, 0) is 4.79 Å². The molecule has 1 aliphatic heterocycles. The first-order chi connectivity index (χ1) is 15.3. The zero-order chi connectivity index (χ0) is 24.9. The Hall–Kier alpha value is -1.71. The summed E-state index contributed by atoms with van der Waals surface area (Å²) in [4.78, 5) is 15.7. The lowest BCUT2D eigenvalue weighted by molar-refractivity contribution is -0.136.